The number of carbonyl (C=O) groups is 4. The lowest BCUT2D eigenvalue weighted by Crippen LogP contribution is -2.71. The number of imidazole rings is 1. The molecule has 5 rings (SSSR count). The molecule has 0 aliphatic carbocycles. The van der Waals surface area contributed by atoms with Gasteiger partial charge in [0.25, 0.3) is 11.8 Å². The number of oxime groups is 1. The van der Waals surface area contributed by atoms with Crippen molar-refractivity contribution in [2.24, 2.45) is 21.6 Å². The van der Waals surface area contributed by atoms with Gasteiger partial charge in [-0.05, 0) is 26.8 Å². The zero-order valence-electron chi connectivity index (χ0n) is 27.1. The number of aliphatic imine (C=N–C) groups is 1. The monoisotopic (exact) mass is 787 g/mol. The number of fused-ring (bicyclic) bond motifs is 2. The molecule has 5 heterocycles. The third-order valence-corrected chi connectivity index (χ3v) is 8.90. The number of carboxylic acids is 2. The number of aromatic amines is 1. The van der Waals surface area contributed by atoms with Gasteiger partial charge in [-0.2, -0.15) is 9.36 Å². The number of nitrogens with zero attached hydrogens (tertiary/aromatic N) is 7. The van der Waals surface area contributed by atoms with Gasteiger partial charge in [0.2, 0.25) is 39.4 Å². The van der Waals surface area contributed by atoms with Crippen LogP contribution in [0.1, 0.15) is 26.1 Å². The standard InChI is InChI=1S/C25H31N13O7S2.H2O4S/c1-25(2,22(43)44)45-34-13(16-33-24(28)47-35-16)18(39)32-14-19(40)38-15(21(41)42)11(10-46-20(14)38)8-36-9-12(17-29-6-7-37(17)36)31-23(27)30-5-3-4-26;1-5(2,3)4/h6-7,9,14,20H,3-5,8,10,26H2,1-2H3,(H8,27,28,30,31,32,33,35,39,41,42,43,44);(H2,1,2,3,4)/b34-13+;/t14-,20?;/m1./s1. The quantitative estimate of drug-likeness (QED) is 0.0122. The SMILES string of the molecule is CC(C)(O/N=C(/C(=O)N[C@@H]1C(=O)N2C(C(=O)O)=C(C[n+]3cc(NC(N)=NCCCN)c4[nH]ccn43)CSC12)c1nsc(N)n1)C(=O)O.O=S(=O)([O-])O. The van der Waals surface area contributed by atoms with E-state index in [9.17, 15) is 29.4 Å². The normalized spacial score (nSPS) is 17.9. The molecule has 3 aromatic heterocycles. The van der Waals surface area contributed by atoms with Gasteiger partial charge in [-0.25, -0.2) is 18.0 Å². The molecule has 24 nitrogen and oxygen atoms in total. The zero-order valence-corrected chi connectivity index (χ0v) is 29.6. The first-order valence-electron chi connectivity index (χ1n) is 14.7. The highest BCUT2D eigenvalue weighted by Crippen LogP contribution is 2.40. The highest BCUT2D eigenvalue weighted by molar-refractivity contribution is 8.00. The van der Waals surface area contributed by atoms with Gasteiger partial charge in [0.05, 0.1) is 6.20 Å². The van der Waals surface area contributed by atoms with Gasteiger partial charge in [0.15, 0.2) is 23.3 Å². The first-order chi connectivity index (χ1) is 24.3. The van der Waals surface area contributed by atoms with Gasteiger partial charge in [-0.3, -0.25) is 24.0 Å². The van der Waals surface area contributed by atoms with Crippen LogP contribution in [0.15, 0.2) is 40.0 Å². The van der Waals surface area contributed by atoms with E-state index in [-0.39, 0.29) is 34.9 Å². The van der Waals surface area contributed by atoms with E-state index in [0.717, 1.165) is 16.4 Å². The largest absolute Gasteiger partial charge is 0.726 e. The first-order valence-corrected chi connectivity index (χ1v) is 17.8. The number of nitrogen functional groups attached to an aromatic ring is 1. The summed E-state index contributed by atoms with van der Waals surface area (Å²) in [6, 6.07) is -1.13. The van der Waals surface area contributed by atoms with Crippen molar-refractivity contribution in [1.29, 1.82) is 0 Å². The molecule has 0 radical (unpaired) electrons. The minimum absolute atomic E-state index is 0.00951. The van der Waals surface area contributed by atoms with Crippen LogP contribution < -0.4 is 32.5 Å². The number of thioether (sulfide) groups is 1. The van der Waals surface area contributed by atoms with E-state index in [2.05, 4.69) is 35.1 Å². The summed E-state index contributed by atoms with van der Waals surface area (Å²) in [4.78, 5) is 68.1. The molecular weight excluding hydrogens is 755 g/mol. The summed E-state index contributed by atoms with van der Waals surface area (Å²) in [6.07, 6.45) is 5.85. The number of rotatable bonds is 13. The second-order valence-electron chi connectivity index (χ2n) is 11.2. The number of carboxylic acid groups (broad SMARTS) is 2. The predicted octanol–water partition coefficient (Wildman–Crippen LogP) is -2.91. The molecule has 1 saturated heterocycles. The number of anilines is 2. The van der Waals surface area contributed by atoms with Gasteiger partial charge in [0, 0.05) is 35.6 Å². The van der Waals surface area contributed by atoms with Crippen molar-refractivity contribution in [3.63, 3.8) is 0 Å². The molecule has 1 unspecified atom stereocenters. The number of β-lactam (4-membered cyclic amide) rings is 1. The van der Waals surface area contributed by atoms with Gasteiger partial charge < -0.3 is 52.4 Å². The molecule has 2 aliphatic heterocycles. The van der Waals surface area contributed by atoms with Crippen molar-refractivity contribution in [2.75, 3.05) is 29.9 Å². The number of nitrogens with one attached hydrogen (secondary N) is 3. The maximum Gasteiger partial charge on any atom is 0.352 e. The number of H-pyrrole nitrogens is 1. The molecule has 1 fully saturated rings. The Morgan fingerprint density at radius 3 is 2.60 bits per heavy atom. The Morgan fingerprint density at radius 1 is 1.31 bits per heavy atom. The molecule has 0 spiro atoms. The Kier molecular flexibility index (Phi) is 12.1. The first kappa shape index (κ1) is 39.4. The number of aliphatic carboxylic acids is 2. The third-order valence-electron chi connectivity index (χ3n) is 7.02. The van der Waals surface area contributed by atoms with Crippen LogP contribution in [0, 0.1) is 0 Å². The van der Waals surface area contributed by atoms with Crippen molar-refractivity contribution >= 4 is 85.6 Å². The van der Waals surface area contributed by atoms with Crippen LogP contribution in [-0.4, -0.2) is 123 Å². The molecule has 0 aromatic carbocycles. The van der Waals surface area contributed by atoms with Gasteiger partial charge in [0.1, 0.15) is 17.1 Å². The van der Waals surface area contributed by atoms with Crippen molar-refractivity contribution in [2.45, 2.75) is 43.8 Å². The summed E-state index contributed by atoms with van der Waals surface area (Å²) in [6.45, 7) is 3.49. The van der Waals surface area contributed by atoms with Crippen LogP contribution >= 0.6 is 23.3 Å². The average Bonchev–Trinajstić information content (AvgIpc) is 3.78. The molecule has 52 heavy (non-hydrogen) atoms. The maximum absolute atomic E-state index is 13.4. The number of nitrogens with two attached hydrogens (primary N) is 3. The second kappa shape index (κ2) is 15.9. The number of amides is 2. The lowest BCUT2D eigenvalue weighted by Gasteiger charge is -2.49. The minimum Gasteiger partial charge on any atom is -0.726 e. The topological polar surface area (TPSA) is 375 Å². The fraction of sp³-hybridized carbons (Fsp3) is 0.400. The highest BCUT2D eigenvalue weighted by Gasteiger charge is 2.55. The number of carbonyl (C=O) groups excluding carboxylic acids is 2. The van der Waals surface area contributed by atoms with E-state index >= 15 is 0 Å². The molecule has 12 N–H and O–H groups in total. The summed E-state index contributed by atoms with van der Waals surface area (Å²) in [5, 5.41) is 28.0. The van der Waals surface area contributed by atoms with Gasteiger partial charge in [-0.15, -0.1) is 21.0 Å². The molecule has 3 aromatic rings. The van der Waals surface area contributed by atoms with Crippen LogP contribution in [0.3, 0.4) is 0 Å². The van der Waals surface area contributed by atoms with E-state index in [1.165, 1.54) is 25.6 Å². The van der Waals surface area contributed by atoms with Crippen LogP contribution in [0.2, 0.25) is 0 Å². The molecule has 0 saturated carbocycles. The minimum atomic E-state index is -4.92. The van der Waals surface area contributed by atoms with Crippen molar-refractivity contribution in [3.05, 3.63) is 35.7 Å². The molecular formula is C25H33N13O11S3. The highest BCUT2D eigenvalue weighted by atomic mass is 32.3. The van der Waals surface area contributed by atoms with Gasteiger partial charge >= 0.3 is 11.9 Å². The summed E-state index contributed by atoms with van der Waals surface area (Å²) in [5.41, 5.74) is 16.4. The molecule has 282 valence electrons. The van der Waals surface area contributed by atoms with E-state index in [1.807, 2.05) is 0 Å². The fourth-order valence-electron chi connectivity index (χ4n) is 4.62. The zero-order chi connectivity index (χ0) is 38.5. The van der Waals surface area contributed by atoms with Crippen LogP contribution in [-0.2, 0) is 41.0 Å². The van der Waals surface area contributed by atoms with Gasteiger partial charge in [-0.1, -0.05) is 5.16 Å². The van der Waals surface area contributed by atoms with E-state index in [0.29, 0.717) is 36.4 Å². The molecule has 2 aliphatic rings. The average molecular weight is 788 g/mol. The maximum atomic E-state index is 13.4. The summed E-state index contributed by atoms with van der Waals surface area (Å²) >= 11 is 2.03. The lowest BCUT2D eigenvalue weighted by atomic mass is 10.0. The summed E-state index contributed by atoms with van der Waals surface area (Å²) in [7, 11) is -4.92. The number of aromatic nitrogens is 5. The summed E-state index contributed by atoms with van der Waals surface area (Å²) < 4.78 is 40.3. The Balaban J connectivity index is 0.00000113. The lowest BCUT2D eigenvalue weighted by molar-refractivity contribution is -0.752. The molecule has 27 heteroatoms. The number of hydrogen-bond acceptors (Lipinski definition) is 16. The van der Waals surface area contributed by atoms with Crippen molar-refractivity contribution in [1.82, 2.24) is 29.1 Å². The Bertz CT molecular complexity index is 2060. The smallest absolute Gasteiger partial charge is 0.352 e. The molecule has 2 atom stereocenters. The Morgan fingerprint density at radius 2 is 2.00 bits per heavy atom. The van der Waals surface area contributed by atoms with E-state index in [1.54, 1.807) is 27.8 Å². The molecule has 0 bridgehead atoms. The molecule has 2 amide bonds. The summed E-state index contributed by atoms with van der Waals surface area (Å²) in [5.74, 6) is -4.10. The van der Waals surface area contributed by atoms with Crippen LogP contribution in [0.4, 0.5) is 10.8 Å². The number of hydrogen-bond donors (Lipinski definition) is 9. The Labute approximate surface area is 301 Å². The van der Waals surface area contributed by atoms with Crippen LogP contribution in [0.5, 0.6) is 0 Å². The predicted molar refractivity (Wildman–Crippen MR) is 181 cm³/mol. The second-order valence-corrected chi connectivity index (χ2v) is 13.9. The fourth-order valence-corrected chi connectivity index (χ4v) is 6.39. The van der Waals surface area contributed by atoms with Crippen molar-refractivity contribution < 1.29 is 56.4 Å². The van der Waals surface area contributed by atoms with Crippen LogP contribution in [0.25, 0.3) is 5.65 Å². The number of guanidine groups is 1. The van der Waals surface area contributed by atoms with E-state index in [4.69, 9.17) is 39.6 Å². The Hall–Kier alpha value is -5.35. The van der Waals surface area contributed by atoms with E-state index < -0.39 is 56.9 Å². The third kappa shape index (κ3) is 9.30. The van der Waals surface area contributed by atoms with Crippen molar-refractivity contribution in [3.8, 4) is 0 Å².